The van der Waals surface area contributed by atoms with Crippen molar-refractivity contribution in [2.24, 2.45) is 5.73 Å². The second-order valence-corrected chi connectivity index (χ2v) is 5.35. The maximum atomic E-state index is 6.09. The SMILES string of the molecule is CCCCCCCCCCCC(N)c1cnccn1. The summed E-state index contributed by atoms with van der Waals surface area (Å²) in [6.45, 7) is 2.26. The fourth-order valence-electron chi connectivity index (χ4n) is 2.32. The van der Waals surface area contributed by atoms with Gasteiger partial charge in [0, 0.05) is 24.6 Å². The van der Waals surface area contributed by atoms with Gasteiger partial charge in [0.05, 0.1) is 5.69 Å². The topological polar surface area (TPSA) is 51.8 Å². The minimum atomic E-state index is 0.0539. The molecular weight excluding hydrogens is 234 g/mol. The van der Waals surface area contributed by atoms with Crippen molar-refractivity contribution in [3.63, 3.8) is 0 Å². The Kier molecular flexibility index (Phi) is 9.25. The Bertz CT molecular complexity index is 300. The number of hydrogen-bond donors (Lipinski definition) is 1. The summed E-state index contributed by atoms with van der Waals surface area (Å²) in [6.07, 6.45) is 18.4. The minimum absolute atomic E-state index is 0.0539. The molecule has 1 rings (SSSR count). The van der Waals surface area contributed by atoms with Crippen LogP contribution in [0.15, 0.2) is 18.6 Å². The van der Waals surface area contributed by atoms with E-state index in [-0.39, 0.29) is 6.04 Å². The van der Waals surface area contributed by atoms with Crippen LogP contribution in [0, 0.1) is 0 Å². The van der Waals surface area contributed by atoms with E-state index in [0.717, 1.165) is 12.1 Å². The summed E-state index contributed by atoms with van der Waals surface area (Å²) in [4.78, 5) is 8.30. The van der Waals surface area contributed by atoms with Crippen LogP contribution < -0.4 is 5.73 Å². The predicted molar refractivity (Wildman–Crippen MR) is 80.8 cm³/mol. The lowest BCUT2D eigenvalue weighted by atomic mass is 10.0. The van der Waals surface area contributed by atoms with Crippen molar-refractivity contribution in [3.8, 4) is 0 Å². The lowest BCUT2D eigenvalue weighted by Crippen LogP contribution is -2.12. The van der Waals surface area contributed by atoms with Crippen LogP contribution in [0.2, 0.25) is 0 Å². The highest BCUT2D eigenvalue weighted by atomic mass is 14.8. The molecule has 0 amide bonds. The van der Waals surface area contributed by atoms with Gasteiger partial charge in [0.2, 0.25) is 0 Å². The molecule has 0 fully saturated rings. The summed E-state index contributed by atoms with van der Waals surface area (Å²) >= 11 is 0. The Morgan fingerprint density at radius 2 is 1.58 bits per heavy atom. The molecule has 3 nitrogen and oxygen atoms in total. The molecule has 19 heavy (non-hydrogen) atoms. The molecule has 0 saturated heterocycles. The van der Waals surface area contributed by atoms with Gasteiger partial charge in [0.25, 0.3) is 0 Å². The third kappa shape index (κ3) is 7.93. The molecule has 1 aromatic heterocycles. The molecule has 1 aromatic rings. The van der Waals surface area contributed by atoms with Crippen molar-refractivity contribution in [3.05, 3.63) is 24.3 Å². The van der Waals surface area contributed by atoms with Crippen LogP contribution in [0.3, 0.4) is 0 Å². The highest BCUT2D eigenvalue weighted by molar-refractivity contribution is 5.00. The fraction of sp³-hybridized carbons (Fsp3) is 0.750. The van der Waals surface area contributed by atoms with Crippen LogP contribution in [0.25, 0.3) is 0 Å². The van der Waals surface area contributed by atoms with Crippen molar-refractivity contribution in [1.29, 1.82) is 0 Å². The largest absolute Gasteiger partial charge is 0.323 e. The van der Waals surface area contributed by atoms with Gasteiger partial charge in [-0.2, -0.15) is 0 Å². The number of nitrogens with two attached hydrogens (primary N) is 1. The van der Waals surface area contributed by atoms with Gasteiger partial charge in [0.1, 0.15) is 0 Å². The Morgan fingerprint density at radius 3 is 2.16 bits per heavy atom. The van der Waals surface area contributed by atoms with Crippen LogP contribution in [-0.2, 0) is 0 Å². The van der Waals surface area contributed by atoms with E-state index in [2.05, 4.69) is 16.9 Å². The quantitative estimate of drug-likeness (QED) is 0.602. The van der Waals surface area contributed by atoms with Gasteiger partial charge in [-0.15, -0.1) is 0 Å². The van der Waals surface area contributed by atoms with E-state index in [0.29, 0.717) is 0 Å². The first-order chi connectivity index (χ1) is 9.34. The third-order valence-electron chi connectivity index (χ3n) is 3.58. The van der Waals surface area contributed by atoms with E-state index in [4.69, 9.17) is 5.73 Å². The first kappa shape index (κ1) is 16.1. The highest BCUT2D eigenvalue weighted by Gasteiger charge is 2.06. The van der Waals surface area contributed by atoms with Gasteiger partial charge in [-0.3, -0.25) is 9.97 Å². The predicted octanol–water partition coefficient (Wildman–Crippen LogP) is 4.40. The van der Waals surface area contributed by atoms with Gasteiger partial charge in [0.15, 0.2) is 0 Å². The second-order valence-electron chi connectivity index (χ2n) is 5.35. The smallest absolute Gasteiger partial charge is 0.0753 e. The summed E-state index contributed by atoms with van der Waals surface area (Å²) < 4.78 is 0. The summed E-state index contributed by atoms with van der Waals surface area (Å²) in [5.41, 5.74) is 7.01. The summed E-state index contributed by atoms with van der Waals surface area (Å²) in [5, 5.41) is 0. The van der Waals surface area contributed by atoms with E-state index in [9.17, 15) is 0 Å². The van der Waals surface area contributed by atoms with Crippen molar-refractivity contribution >= 4 is 0 Å². The highest BCUT2D eigenvalue weighted by Crippen LogP contribution is 2.16. The monoisotopic (exact) mass is 263 g/mol. The zero-order chi connectivity index (χ0) is 13.8. The van der Waals surface area contributed by atoms with Gasteiger partial charge < -0.3 is 5.73 Å². The zero-order valence-electron chi connectivity index (χ0n) is 12.4. The standard InChI is InChI=1S/C16H29N3/c1-2-3-4-5-6-7-8-9-10-11-15(17)16-14-18-12-13-19-16/h12-15H,2-11,17H2,1H3. The zero-order valence-corrected chi connectivity index (χ0v) is 12.4. The molecule has 1 heterocycles. The van der Waals surface area contributed by atoms with Crippen molar-refractivity contribution in [1.82, 2.24) is 9.97 Å². The van der Waals surface area contributed by atoms with Crippen LogP contribution in [0.5, 0.6) is 0 Å². The van der Waals surface area contributed by atoms with Crippen molar-refractivity contribution < 1.29 is 0 Å². The molecule has 0 saturated carbocycles. The molecule has 0 aliphatic heterocycles. The molecule has 0 aliphatic carbocycles. The minimum Gasteiger partial charge on any atom is -0.323 e. The molecular formula is C16H29N3. The Morgan fingerprint density at radius 1 is 0.947 bits per heavy atom. The molecule has 0 bridgehead atoms. The molecule has 0 aliphatic rings. The van der Waals surface area contributed by atoms with Crippen LogP contribution in [0.4, 0.5) is 0 Å². The molecule has 1 atom stereocenters. The molecule has 0 spiro atoms. The molecule has 0 aromatic carbocycles. The summed E-state index contributed by atoms with van der Waals surface area (Å²) in [7, 11) is 0. The first-order valence-electron chi connectivity index (χ1n) is 7.86. The Hall–Kier alpha value is -0.960. The van der Waals surface area contributed by atoms with Gasteiger partial charge in [-0.05, 0) is 6.42 Å². The number of aromatic nitrogens is 2. The fourth-order valence-corrected chi connectivity index (χ4v) is 2.32. The van der Waals surface area contributed by atoms with Gasteiger partial charge in [-0.1, -0.05) is 64.7 Å². The molecule has 108 valence electrons. The number of hydrogen-bond acceptors (Lipinski definition) is 3. The normalized spacial score (nSPS) is 12.5. The van der Waals surface area contributed by atoms with E-state index in [1.54, 1.807) is 18.6 Å². The number of unbranched alkanes of at least 4 members (excludes halogenated alkanes) is 8. The molecule has 2 N–H and O–H groups in total. The van der Waals surface area contributed by atoms with Crippen LogP contribution >= 0.6 is 0 Å². The lowest BCUT2D eigenvalue weighted by molar-refractivity contribution is 0.527. The average molecular weight is 263 g/mol. The van der Waals surface area contributed by atoms with Crippen LogP contribution in [0.1, 0.15) is 82.9 Å². The Balaban J connectivity index is 1.93. The first-order valence-corrected chi connectivity index (χ1v) is 7.86. The molecule has 0 radical (unpaired) electrons. The van der Waals surface area contributed by atoms with Gasteiger partial charge in [-0.25, -0.2) is 0 Å². The lowest BCUT2D eigenvalue weighted by Gasteiger charge is -2.09. The maximum absolute atomic E-state index is 6.09. The summed E-state index contributed by atoms with van der Waals surface area (Å²) in [6, 6.07) is 0.0539. The van der Waals surface area contributed by atoms with Crippen molar-refractivity contribution in [2.45, 2.75) is 77.2 Å². The number of rotatable bonds is 11. The maximum Gasteiger partial charge on any atom is 0.0753 e. The third-order valence-corrected chi connectivity index (χ3v) is 3.58. The van der Waals surface area contributed by atoms with E-state index in [1.165, 1.54) is 57.8 Å². The molecule has 1 unspecified atom stereocenters. The average Bonchev–Trinajstić information content (AvgIpc) is 2.46. The van der Waals surface area contributed by atoms with Gasteiger partial charge >= 0.3 is 0 Å². The Labute approximate surface area is 118 Å². The second kappa shape index (κ2) is 10.9. The number of nitrogens with zero attached hydrogens (tertiary/aromatic N) is 2. The van der Waals surface area contributed by atoms with Crippen LogP contribution in [-0.4, -0.2) is 9.97 Å². The van der Waals surface area contributed by atoms with E-state index < -0.39 is 0 Å². The van der Waals surface area contributed by atoms with E-state index >= 15 is 0 Å². The van der Waals surface area contributed by atoms with E-state index in [1.807, 2.05) is 0 Å². The van der Waals surface area contributed by atoms with Crippen molar-refractivity contribution in [2.75, 3.05) is 0 Å². The molecule has 3 heteroatoms. The summed E-state index contributed by atoms with van der Waals surface area (Å²) in [5.74, 6) is 0.